The molecule has 0 amide bonds. The number of benzene rings is 2. The third-order valence-electron chi connectivity index (χ3n) is 3.52. The summed E-state index contributed by atoms with van der Waals surface area (Å²) in [6.45, 7) is 3.90. The second kappa shape index (κ2) is 7.28. The number of halogens is 1. The first-order valence-electron chi connectivity index (χ1n) is 7.62. The predicted octanol–water partition coefficient (Wildman–Crippen LogP) is 5.48. The van der Waals surface area contributed by atoms with Gasteiger partial charge in [0, 0.05) is 17.2 Å². The molecule has 1 aromatic heterocycles. The van der Waals surface area contributed by atoms with Gasteiger partial charge >= 0.3 is 0 Å². The van der Waals surface area contributed by atoms with Crippen LogP contribution in [0, 0.1) is 0 Å². The molecule has 3 aromatic rings. The van der Waals surface area contributed by atoms with Crippen molar-refractivity contribution in [2.45, 2.75) is 13.8 Å². The Balaban J connectivity index is 2.27. The van der Waals surface area contributed by atoms with Gasteiger partial charge in [-0.15, -0.1) is 5.10 Å². The maximum atomic E-state index is 4.42. The number of hydrogen-bond acceptors (Lipinski definition) is 3. The first-order chi connectivity index (χ1) is 11.6. The highest BCUT2D eigenvalue weighted by Gasteiger charge is 2.15. The molecule has 122 valence electrons. The molecule has 0 bridgehead atoms. The molecule has 0 fully saturated rings. The molecule has 0 atom stereocenters. The molecule has 3 nitrogen and oxygen atoms in total. The molecule has 0 aliphatic rings. The number of hydrogen-bond donors (Lipinski definition) is 0. The van der Waals surface area contributed by atoms with E-state index in [2.05, 4.69) is 79.2 Å². The lowest BCUT2D eigenvalue weighted by Crippen LogP contribution is -2.11. The zero-order valence-electron chi connectivity index (χ0n) is 13.8. The molecule has 0 radical (unpaired) electrons. The summed E-state index contributed by atoms with van der Waals surface area (Å²) < 4.78 is 3.18. The Morgan fingerprint density at radius 1 is 0.958 bits per heavy atom. The third kappa shape index (κ3) is 3.57. The molecule has 0 spiro atoms. The van der Waals surface area contributed by atoms with E-state index < -0.39 is 0 Å². The van der Waals surface area contributed by atoms with E-state index in [9.17, 15) is 0 Å². The lowest BCUT2D eigenvalue weighted by atomic mass is 10.1. The van der Waals surface area contributed by atoms with Crippen molar-refractivity contribution in [3.05, 3.63) is 63.9 Å². The summed E-state index contributed by atoms with van der Waals surface area (Å²) in [5.41, 5.74) is 4.44. The largest absolute Gasteiger partial charge is 0.318 e. The van der Waals surface area contributed by atoms with Crippen LogP contribution in [0.2, 0.25) is 0 Å². The Hall–Kier alpha value is -1.98. The molecule has 0 aliphatic heterocycles. The van der Waals surface area contributed by atoms with Crippen LogP contribution in [0.3, 0.4) is 0 Å². The molecule has 0 saturated carbocycles. The second-order valence-electron chi connectivity index (χ2n) is 5.64. The third-order valence-corrected chi connectivity index (χ3v) is 5.22. The van der Waals surface area contributed by atoms with E-state index in [0.29, 0.717) is 0 Å². The maximum absolute atomic E-state index is 4.42. The van der Waals surface area contributed by atoms with E-state index in [4.69, 9.17) is 0 Å². The van der Waals surface area contributed by atoms with E-state index in [-0.39, 0.29) is 0 Å². The topological polar surface area (TPSA) is 29.6 Å². The molecule has 0 aliphatic carbocycles. The molecular weight excluding hydrogens is 382 g/mol. The summed E-state index contributed by atoms with van der Waals surface area (Å²) in [5.74, 6) is 0. The van der Waals surface area contributed by atoms with Gasteiger partial charge in [0.25, 0.3) is 0 Å². The van der Waals surface area contributed by atoms with Gasteiger partial charge in [-0.2, -0.15) is 5.10 Å². The van der Waals surface area contributed by atoms with Gasteiger partial charge in [0.15, 0.2) is 0 Å². The Bertz CT molecular complexity index is 931. The van der Waals surface area contributed by atoms with Gasteiger partial charge in [-0.1, -0.05) is 69.7 Å². The molecule has 0 saturated heterocycles. The van der Waals surface area contributed by atoms with E-state index in [1.807, 2.05) is 27.0 Å². The van der Waals surface area contributed by atoms with Crippen molar-refractivity contribution in [2.24, 2.45) is 17.3 Å². The lowest BCUT2D eigenvalue weighted by molar-refractivity contribution is 0.863. The Morgan fingerprint density at radius 3 is 2.25 bits per heavy atom. The molecule has 5 heteroatoms. The predicted molar refractivity (Wildman–Crippen MR) is 106 cm³/mol. The average molecular weight is 400 g/mol. The Kier molecular flexibility index (Phi) is 5.11. The lowest BCUT2D eigenvalue weighted by Gasteiger charge is -2.07. The van der Waals surface area contributed by atoms with Crippen molar-refractivity contribution in [3.8, 4) is 21.7 Å². The highest BCUT2D eigenvalue weighted by atomic mass is 79.9. The van der Waals surface area contributed by atoms with Crippen molar-refractivity contribution in [3.63, 3.8) is 0 Å². The van der Waals surface area contributed by atoms with Gasteiger partial charge in [-0.25, -0.2) is 0 Å². The van der Waals surface area contributed by atoms with Crippen molar-refractivity contribution in [1.82, 2.24) is 4.57 Å². The first kappa shape index (κ1) is 16.9. The van der Waals surface area contributed by atoms with Crippen LogP contribution in [0.1, 0.15) is 13.8 Å². The van der Waals surface area contributed by atoms with E-state index in [1.165, 1.54) is 10.4 Å². The molecule has 3 rings (SSSR count). The van der Waals surface area contributed by atoms with Crippen LogP contribution in [0.5, 0.6) is 0 Å². The molecular formula is C19H18BrN3S. The van der Waals surface area contributed by atoms with Crippen molar-refractivity contribution >= 4 is 33.0 Å². The summed E-state index contributed by atoms with van der Waals surface area (Å²) in [7, 11) is 2.04. The Morgan fingerprint density at radius 2 is 1.62 bits per heavy atom. The highest BCUT2D eigenvalue weighted by Crippen LogP contribution is 2.34. The van der Waals surface area contributed by atoms with Gasteiger partial charge in [-0.3, -0.25) is 0 Å². The van der Waals surface area contributed by atoms with Crippen LogP contribution in [0.25, 0.3) is 21.7 Å². The second-order valence-corrected chi connectivity index (χ2v) is 7.53. The molecule has 0 N–H and O–H groups in total. The average Bonchev–Trinajstić information content (AvgIpc) is 2.91. The summed E-state index contributed by atoms with van der Waals surface area (Å²) in [4.78, 5) is 2.08. The minimum atomic E-state index is 0.882. The Labute approximate surface area is 154 Å². The van der Waals surface area contributed by atoms with Gasteiger partial charge in [0.1, 0.15) is 0 Å². The SMILES string of the molecule is CC(C)=N/N=c1\sc(-c2ccccc2)c(-c2ccc(Br)cc2)n1C. The van der Waals surface area contributed by atoms with Crippen LogP contribution in [-0.2, 0) is 7.05 Å². The van der Waals surface area contributed by atoms with Gasteiger partial charge < -0.3 is 4.57 Å². The standard InChI is InChI=1S/C19H18BrN3S/c1-13(2)21-22-19-23(3)17(14-9-11-16(20)12-10-14)18(24-19)15-7-5-4-6-8-15/h4-12H,1-3H3/b22-19-. The number of rotatable bonds is 3. The fourth-order valence-electron chi connectivity index (χ4n) is 2.40. The van der Waals surface area contributed by atoms with Gasteiger partial charge in [0.05, 0.1) is 10.6 Å². The van der Waals surface area contributed by atoms with Crippen LogP contribution in [0.15, 0.2) is 69.3 Å². The first-order valence-corrected chi connectivity index (χ1v) is 9.23. The highest BCUT2D eigenvalue weighted by molar-refractivity contribution is 9.10. The monoisotopic (exact) mass is 399 g/mol. The van der Waals surface area contributed by atoms with Crippen LogP contribution < -0.4 is 4.80 Å². The van der Waals surface area contributed by atoms with E-state index in [0.717, 1.165) is 26.2 Å². The molecule has 1 heterocycles. The number of aromatic nitrogens is 1. The molecule has 0 unspecified atom stereocenters. The van der Waals surface area contributed by atoms with Crippen molar-refractivity contribution < 1.29 is 0 Å². The van der Waals surface area contributed by atoms with Crippen molar-refractivity contribution in [1.29, 1.82) is 0 Å². The summed E-state index contributed by atoms with van der Waals surface area (Å²) in [5, 5.41) is 8.65. The minimum absolute atomic E-state index is 0.882. The van der Waals surface area contributed by atoms with Gasteiger partial charge in [0.2, 0.25) is 4.80 Å². The normalized spacial score (nSPS) is 11.6. The molecule has 24 heavy (non-hydrogen) atoms. The van der Waals surface area contributed by atoms with E-state index in [1.54, 1.807) is 11.3 Å². The zero-order chi connectivity index (χ0) is 17.1. The van der Waals surface area contributed by atoms with Crippen LogP contribution in [-0.4, -0.2) is 10.3 Å². The summed E-state index contributed by atoms with van der Waals surface area (Å²) in [6, 6.07) is 18.8. The van der Waals surface area contributed by atoms with Crippen molar-refractivity contribution in [2.75, 3.05) is 0 Å². The van der Waals surface area contributed by atoms with Crippen LogP contribution in [0.4, 0.5) is 0 Å². The fourth-order valence-corrected chi connectivity index (χ4v) is 3.77. The van der Waals surface area contributed by atoms with Crippen LogP contribution >= 0.6 is 27.3 Å². The molecule has 2 aromatic carbocycles. The summed E-state index contributed by atoms with van der Waals surface area (Å²) in [6.07, 6.45) is 0. The van der Waals surface area contributed by atoms with Gasteiger partial charge in [-0.05, 0) is 37.1 Å². The number of nitrogens with zero attached hydrogens (tertiary/aromatic N) is 3. The quantitative estimate of drug-likeness (QED) is 0.412. The summed E-state index contributed by atoms with van der Waals surface area (Å²) >= 11 is 5.16. The van der Waals surface area contributed by atoms with E-state index >= 15 is 0 Å². The number of thiazole rings is 1. The maximum Gasteiger partial charge on any atom is 0.211 e. The minimum Gasteiger partial charge on any atom is -0.318 e. The smallest absolute Gasteiger partial charge is 0.211 e. The zero-order valence-corrected chi connectivity index (χ0v) is 16.2. The fraction of sp³-hybridized carbons (Fsp3) is 0.158.